The second-order valence-electron chi connectivity index (χ2n) is 7.26. The Kier molecular flexibility index (Phi) is 5.43. The topological polar surface area (TPSA) is 87.7 Å². The summed E-state index contributed by atoms with van der Waals surface area (Å²) in [7, 11) is -3.67. The van der Waals surface area contributed by atoms with E-state index in [2.05, 4.69) is 4.98 Å². The number of Topliss-reactive ketones (excluding diaryl/α,β-unsaturated/α-hetero) is 1. The van der Waals surface area contributed by atoms with E-state index in [1.807, 2.05) is 13.8 Å². The van der Waals surface area contributed by atoms with Crippen molar-refractivity contribution in [1.29, 1.82) is 0 Å². The zero-order valence-corrected chi connectivity index (χ0v) is 15.9. The van der Waals surface area contributed by atoms with Crippen molar-refractivity contribution in [2.45, 2.75) is 44.5 Å². The molecule has 8 heteroatoms. The maximum atomic E-state index is 12.8. The van der Waals surface area contributed by atoms with Crippen LogP contribution < -0.4 is 0 Å². The Bertz CT molecular complexity index is 779. The van der Waals surface area contributed by atoms with E-state index in [1.165, 1.54) is 9.21 Å². The summed E-state index contributed by atoms with van der Waals surface area (Å²) in [6, 6.07) is 3.98. The van der Waals surface area contributed by atoms with Gasteiger partial charge in [-0.05, 0) is 30.9 Å². The first-order valence-electron chi connectivity index (χ1n) is 8.85. The van der Waals surface area contributed by atoms with Crippen molar-refractivity contribution in [3.63, 3.8) is 0 Å². The van der Waals surface area contributed by atoms with Crippen molar-refractivity contribution < 1.29 is 18.0 Å². The highest BCUT2D eigenvalue weighted by atomic mass is 32.2. The van der Waals surface area contributed by atoms with Crippen molar-refractivity contribution in [3.8, 4) is 0 Å². The minimum absolute atomic E-state index is 0.168. The Morgan fingerprint density at radius 1 is 1.38 bits per heavy atom. The van der Waals surface area contributed by atoms with Gasteiger partial charge in [-0.3, -0.25) is 14.6 Å². The van der Waals surface area contributed by atoms with E-state index in [9.17, 15) is 18.0 Å². The van der Waals surface area contributed by atoms with Gasteiger partial charge in [0.15, 0.2) is 5.78 Å². The molecular weight excluding hydrogens is 354 g/mol. The van der Waals surface area contributed by atoms with E-state index in [1.54, 1.807) is 30.8 Å². The fourth-order valence-electron chi connectivity index (χ4n) is 3.59. The first-order valence-corrected chi connectivity index (χ1v) is 10.5. The second kappa shape index (κ2) is 7.44. The van der Waals surface area contributed by atoms with Crippen molar-refractivity contribution in [3.05, 3.63) is 36.5 Å². The summed E-state index contributed by atoms with van der Waals surface area (Å²) in [5.74, 6) is -0.267. The number of carbonyl (C=O) groups is 2. The molecule has 2 aliphatic rings. The van der Waals surface area contributed by atoms with E-state index in [-0.39, 0.29) is 24.0 Å². The quantitative estimate of drug-likeness (QED) is 0.737. The highest BCUT2D eigenvalue weighted by molar-refractivity contribution is 7.88. The minimum atomic E-state index is -3.67. The number of likely N-dealkylation sites (tertiary alicyclic amines) is 1. The standard InChI is InChI=1S/C18H24N3O4S/c1-13(2)6-7-17(23)20-10-8-15-18(20)16(22)11-21(15)26(24,25)12-14-5-3-4-9-19-14/h3-5,7,9,13,15,18H,6,8,10-12H2,1-2H3. The first-order chi connectivity index (χ1) is 12.3. The third-order valence-electron chi connectivity index (χ3n) is 4.84. The van der Waals surface area contributed by atoms with E-state index < -0.39 is 22.1 Å². The lowest BCUT2D eigenvalue weighted by atomic mass is 10.1. The van der Waals surface area contributed by atoms with Crippen LogP contribution in [0.3, 0.4) is 0 Å². The molecule has 0 saturated carbocycles. The highest BCUT2D eigenvalue weighted by Gasteiger charge is 2.53. The van der Waals surface area contributed by atoms with Crippen LogP contribution in [0.25, 0.3) is 0 Å². The number of amides is 1. The molecule has 2 unspecified atom stereocenters. The summed E-state index contributed by atoms with van der Waals surface area (Å²) in [5, 5.41) is 0. The van der Waals surface area contributed by atoms with Gasteiger partial charge in [0.2, 0.25) is 15.9 Å². The van der Waals surface area contributed by atoms with Gasteiger partial charge >= 0.3 is 0 Å². The summed E-state index contributed by atoms with van der Waals surface area (Å²) < 4.78 is 26.9. The maximum Gasteiger partial charge on any atom is 0.227 e. The van der Waals surface area contributed by atoms with Crippen molar-refractivity contribution in [2.75, 3.05) is 13.1 Å². The van der Waals surface area contributed by atoms with Crippen molar-refractivity contribution in [2.24, 2.45) is 5.92 Å². The molecule has 7 nitrogen and oxygen atoms in total. The molecule has 0 aromatic carbocycles. The third-order valence-corrected chi connectivity index (χ3v) is 6.61. The van der Waals surface area contributed by atoms with Gasteiger partial charge in [-0.2, -0.15) is 4.31 Å². The Labute approximate surface area is 154 Å². The molecule has 0 aliphatic carbocycles. The Balaban J connectivity index is 1.73. The van der Waals surface area contributed by atoms with E-state index in [4.69, 9.17) is 0 Å². The Morgan fingerprint density at radius 3 is 2.81 bits per heavy atom. The number of sulfonamides is 1. The van der Waals surface area contributed by atoms with Crippen LogP contribution in [0, 0.1) is 12.3 Å². The van der Waals surface area contributed by atoms with Crippen LogP contribution in [0.4, 0.5) is 0 Å². The molecule has 3 heterocycles. The van der Waals surface area contributed by atoms with Crippen LogP contribution in [-0.2, 0) is 25.4 Å². The summed E-state index contributed by atoms with van der Waals surface area (Å²) in [4.78, 5) is 30.5. The summed E-state index contributed by atoms with van der Waals surface area (Å²) in [5.41, 5.74) is 0.444. The molecule has 1 aromatic heterocycles. The molecule has 0 bridgehead atoms. The Morgan fingerprint density at radius 2 is 2.15 bits per heavy atom. The highest BCUT2D eigenvalue weighted by Crippen LogP contribution is 2.33. The molecule has 0 spiro atoms. The number of fused-ring (bicyclic) bond motifs is 1. The number of hydrogen-bond donors (Lipinski definition) is 0. The number of ketones is 1. The lowest BCUT2D eigenvalue weighted by molar-refractivity contribution is -0.133. The molecular formula is C18H24N3O4S. The Hall–Kier alpha value is -1.80. The van der Waals surface area contributed by atoms with Crippen molar-refractivity contribution in [1.82, 2.24) is 14.2 Å². The molecule has 3 rings (SSSR count). The lowest BCUT2D eigenvalue weighted by Crippen LogP contribution is -2.43. The molecule has 1 amide bonds. The zero-order chi connectivity index (χ0) is 18.9. The summed E-state index contributed by atoms with van der Waals surface area (Å²) >= 11 is 0. The largest absolute Gasteiger partial charge is 0.331 e. The second-order valence-corrected chi connectivity index (χ2v) is 9.18. The number of nitrogens with zero attached hydrogens (tertiary/aromatic N) is 3. The summed E-state index contributed by atoms with van der Waals surface area (Å²) in [6.45, 7) is 4.27. The molecule has 26 heavy (non-hydrogen) atoms. The lowest BCUT2D eigenvalue weighted by Gasteiger charge is -2.24. The number of pyridine rings is 1. The summed E-state index contributed by atoms with van der Waals surface area (Å²) in [6.07, 6.45) is 4.27. The fraction of sp³-hybridized carbons (Fsp3) is 0.556. The molecule has 141 valence electrons. The molecule has 1 aromatic rings. The number of carbonyl (C=O) groups excluding carboxylic acids is 2. The van der Waals surface area contributed by atoms with Crippen LogP contribution in [0.5, 0.6) is 0 Å². The molecule has 2 saturated heterocycles. The van der Waals surface area contributed by atoms with Gasteiger partial charge in [0, 0.05) is 19.2 Å². The van der Waals surface area contributed by atoms with Gasteiger partial charge in [-0.1, -0.05) is 19.9 Å². The minimum Gasteiger partial charge on any atom is -0.331 e. The van der Waals surface area contributed by atoms with Crippen LogP contribution in [0.15, 0.2) is 24.4 Å². The predicted molar refractivity (Wildman–Crippen MR) is 96.2 cm³/mol. The van der Waals surface area contributed by atoms with E-state index >= 15 is 0 Å². The maximum absolute atomic E-state index is 12.8. The van der Waals surface area contributed by atoms with Gasteiger partial charge < -0.3 is 4.90 Å². The smallest absolute Gasteiger partial charge is 0.227 e. The number of rotatable bonds is 6. The molecule has 2 aliphatic heterocycles. The average molecular weight is 378 g/mol. The van der Waals surface area contributed by atoms with Gasteiger partial charge in [0.05, 0.1) is 18.3 Å². The predicted octanol–water partition coefficient (Wildman–Crippen LogP) is 1.02. The van der Waals surface area contributed by atoms with Crippen LogP contribution in [0.1, 0.15) is 32.4 Å². The number of hydrogen-bond acceptors (Lipinski definition) is 5. The van der Waals surface area contributed by atoms with Gasteiger partial charge in [0.25, 0.3) is 0 Å². The normalized spacial score (nSPS) is 23.7. The molecule has 2 fully saturated rings. The first kappa shape index (κ1) is 19.0. The molecule has 2 atom stereocenters. The van der Waals surface area contributed by atoms with Crippen LogP contribution in [-0.4, -0.2) is 59.5 Å². The number of aromatic nitrogens is 1. The average Bonchev–Trinajstić information content (AvgIpc) is 3.15. The van der Waals surface area contributed by atoms with Gasteiger partial charge in [-0.15, -0.1) is 0 Å². The van der Waals surface area contributed by atoms with Gasteiger partial charge in [-0.25, -0.2) is 8.42 Å². The fourth-order valence-corrected chi connectivity index (χ4v) is 5.26. The van der Waals surface area contributed by atoms with E-state index in [0.29, 0.717) is 31.0 Å². The molecule has 0 N–H and O–H groups in total. The third kappa shape index (κ3) is 3.81. The van der Waals surface area contributed by atoms with Gasteiger partial charge in [0.1, 0.15) is 11.8 Å². The monoisotopic (exact) mass is 378 g/mol. The van der Waals surface area contributed by atoms with Crippen LogP contribution >= 0.6 is 0 Å². The SMILES string of the molecule is CC(C)C[CH]C(=O)N1CCC2C1C(=O)CN2S(=O)(=O)Cc1ccccn1. The van der Waals surface area contributed by atoms with E-state index in [0.717, 1.165) is 0 Å². The zero-order valence-electron chi connectivity index (χ0n) is 15.0. The van der Waals surface area contributed by atoms with Crippen LogP contribution in [0.2, 0.25) is 0 Å². The van der Waals surface area contributed by atoms with Crippen molar-refractivity contribution >= 4 is 21.7 Å². The molecule has 1 radical (unpaired) electrons.